The van der Waals surface area contributed by atoms with Gasteiger partial charge in [0.05, 0.1) is 24.3 Å². The van der Waals surface area contributed by atoms with Crippen LogP contribution in [0.4, 0.5) is 19.1 Å². The second-order valence-electron chi connectivity index (χ2n) is 10.6. The first-order valence-electron chi connectivity index (χ1n) is 13.9. The maximum Gasteiger partial charge on any atom is 0.338 e. The number of alkyl halides is 2. The summed E-state index contributed by atoms with van der Waals surface area (Å²) < 4.78 is 51.6. The Hall–Kier alpha value is -4.37. The zero-order valence-electron chi connectivity index (χ0n) is 23.7. The second-order valence-corrected chi connectivity index (χ2v) is 11.5. The third kappa shape index (κ3) is 5.30. The van der Waals surface area contributed by atoms with Gasteiger partial charge in [-0.25, -0.2) is 37.7 Å². The molecule has 2 fully saturated rings. The molecule has 0 spiro atoms. The van der Waals surface area contributed by atoms with Gasteiger partial charge in [0.1, 0.15) is 17.9 Å². The van der Waals surface area contributed by atoms with Crippen LogP contribution in [0.3, 0.4) is 0 Å². The average molecular weight is 628 g/mol. The van der Waals surface area contributed by atoms with Gasteiger partial charge < -0.3 is 20.1 Å². The number of hydrogen-bond donors (Lipinski definition) is 2. The fraction of sp³-hybridized carbons (Fsp3) is 0.379. The van der Waals surface area contributed by atoms with Crippen LogP contribution in [0.2, 0.25) is 0 Å². The third-order valence-electron chi connectivity index (χ3n) is 8.05. The van der Waals surface area contributed by atoms with Crippen LogP contribution in [0.15, 0.2) is 58.4 Å². The van der Waals surface area contributed by atoms with Crippen LogP contribution in [-0.4, -0.2) is 87.0 Å². The van der Waals surface area contributed by atoms with Crippen LogP contribution in [0, 0.1) is 12.7 Å². The van der Waals surface area contributed by atoms with Crippen molar-refractivity contribution in [3.8, 4) is 0 Å². The summed E-state index contributed by atoms with van der Waals surface area (Å²) in [7, 11) is 0. The van der Waals surface area contributed by atoms with Crippen molar-refractivity contribution in [3.05, 3.63) is 81.0 Å². The number of benzene rings is 1. The van der Waals surface area contributed by atoms with E-state index in [1.54, 1.807) is 36.4 Å². The number of nitrogens with zero attached hydrogens (tertiary/aromatic N) is 6. The number of carboxylic acid groups (broad SMARTS) is 1. The van der Waals surface area contributed by atoms with E-state index in [-0.39, 0.29) is 36.8 Å². The highest BCUT2D eigenvalue weighted by Gasteiger charge is 2.60. The van der Waals surface area contributed by atoms with E-state index in [1.807, 2.05) is 0 Å². The van der Waals surface area contributed by atoms with Gasteiger partial charge in [0, 0.05) is 48.8 Å². The van der Waals surface area contributed by atoms with Crippen molar-refractivity contribution in [3.63, 3.8) is 0 Å². The number of hydrogen-bond acceptors (Lipinski definition) is 11. The Morgan fingerprint density at radius 1 is 1.23 bits per heavy atom. The lowest BCUT2D eigenvalue weighted by molar-refractivity contribution is -0.139. The highest BCUT2D eigenvalue weighted by molar-refractivity contribution is 7.11. The van der Waals surface area contributed by atoms with E-state index in [2.05, 4.69) is 20.3 Å². The van der Waals surface area contributed by atoms with Crippen molar-refractivity contribution in [2.24, 2.45) is 4.99 Å². The molecule has 5 heterocycles. The van der Waals surface area contributed by atoms with E-state index in [4.69, 9.17) is 14.8 Å². The molecule has 0 aliphatic carbocycles. The zero-order chi connectivity index (χ0) is 31.2. The normalized spacial score (nSPS) is 22.9. The maximum absolute atomic E-state index is 15.7. The number of carboxylic acids is 1. The number of ether oxygens (including phenoxy) is 1. The molecule has 3 unspecified atom stereocenters. The number of likely N-dealkylation sites (tertiary alicyclic amines) is 1. The van der Waals surface area contributed by atoms with Gasteiger partial charge >= 0.3 is 11.9 Å². The molecule has 230 valence electrons. The van der Waals surface area contributed by atoms with E-state index in [1.165, 1.54) is 28.4 Å². The number of anilines is 1. The summed E-state index contributed by atoms with van der Waals surface area (Å²) in [6.45, 7) is 2.85. The first kappa shape index (κ1) is 29.7. The van der Waals surface area contributed by atoms with E-state index in [0.29, 0.717) is 34.1 Å². The van der Waals surface area contributed by atoms with Gasteiger partial charge in [0.25, 0.3) is 5.92 Å². The Balaban J connectivity index is 1.38. The van der Waals surface area contributed by atoms with E-state index >= 15 is 8.78 Å². The minimum absolute atomic E-state index is 0.0195. The lowest BCUT2D eigenvalue weighted by Crippen LogP contribution is -2.46. The summed E-state index contributed by atoms with van der Waals surface area (Å²) in [5, 5.41) is 14.6. The molecular formula is C29H28F3N7O4S. The molecule has 2 aromatic heterocycles. The van der Waals surface area contributed by atoms with Gasteiger partial charge in [-0.05, 0) is 37.5 Å². The van der Waals surface area contributed by atoms with Crippen LogP contribution in [-0.2, 0) is 9.53 Å². The van der Waals surface area contributed by atoms with Crippen molar-refractivity contribution in [1.82, 2.24) is 25.2 Å². The second kappa shape index (κ2) is 11.6. The molecule has 1 aromatic carbocycles. The molecule has 0 radical (unpaired) electrons. The molecule has 3 aliphatic rings. The molecule has 6 rings (SSSR count). The molecular weight excluding hydrogens is 599 g/mol. The average Bonchev–Trinajstić information content (AvgIpc) is 3.74. The fourth-order valence-corrected chi connectivity index (χ4v) is 6.68. The number of rotatable bonds is 8. The van der Waals surface area contributed by atoms with E-state index in [9.17, 15) is 14.0 Å². The summed E-state index contributed by atoms with van der Waals surface area (Å²) in [6, 6.07) is 1.64. The number of nitrogens with one attached hydrogen (secondary N) is 1. The van der Waals surface area contributed by atoms with Crippen molar-refractivity contribution in [1.29, 1.82) is 0 Å². The number of halogens is 3. The first-order valence-corrected chi connectivity index (χ1v) is 14.8. The van der Waals surface area contributed by atoms with E-state index < -0.39 is 48.3 Å². The van der Waals surface area contributed by atoms with Crippen LogP contribution in [0.1, 0.15) is 45.9 Å². The van der Waals surface area contributed by atoms with Gasteiger partial charge in [-0.15, -0.1) is 11.3 Å². The number of carbonyl (C=O) groups is 2. The maximum atomic E-state index is 15.7. The number of carbonyl (C=O) groups excluding carboxylic acids is 1. The van der Waals surface area contributed by atoms with Gasteiger partial charge in [-0.1, -0.05) is 12.1 Å². The minimum atomic E-state index is -3.18. The fourth-order valence-electron chi connectivity index (χ4n) is 6.09. The van der Waals surface area contributed by atoms with Crippen molar-refractivity contribution >= 4 is 35.1 Å². The zero-order valence-corrected chi connectivity index (χ0v) is 24.5. The summed E-state index contributed by atoms with van der Waals surface area (Å²) in [5.74, 6) is -5.20. The summed E-state index contributed by atoms with van der Waals surface area (Å²) in [5.41, 5.74) is 1.02. The Morgan fingerprint density at radius 2 is 2.00 bits per heavy atom. The summed E-state index contributed by atoms with van der Waals surface area (Å²) >= 11 is 1.31. The molecule has 3 aromatic rings. The molecule has 3 atom stereocenters. The summed E-state index contributed by atoms with van der Waals surface area (Å²) in [6.07, 6.45) is 4.14. The quantitative estimate of drug-likeness (QED) is 0.357. The lowest BCUT2D eigenvalue weighted by Gasteiger charge is -2.31. The predicted octanol–water partition coefficient (Wildman–Crippen LogP) is 3.59. The molecule has 3 aliphatic heterocycles. The molecule has 0 saturated carbocycles. The molecule has 11 nitrogen and oxygen atoms in total. The van der Waals surface area contributed by atoms with Crippen LogP contribution in [0.25, 0.3) is 0 Å². The predicted molar refractivity (Wildman–Crippen MR) is 154 cm³/mol. The molecule has 44 heavy (non-hydrogen) atoms. The Kier molecular flexibility index (Phi) is 7.84. The Bertz CT molecular complexity index is 1650. The van der Waals surface area contributed by atoms with Crippen LogP contribution < -0.4 is 10.2 Å². The van der Waals surface area contributed by atoms with Crippen molar-refractivity contribution < 1.29 is 32.6 Å². The molecule has 0 bridgehead atoms. The number of fused-ring (bicyclic) bond motifs is 1. The third-order valence-corrected chi connectivity index (χ3v) is 8.83. The monoisotopic (exact) mass is 627 g/mol. The Labute approximate surface area is 254 Å². The number of amidine groups is 1. The topological polar surface area (TPSA) is 133 Å². The molecule has 0 amide bonds. The van der Waals surface area contributed by atoms with Gasteiger partial charge in [-0.2, -0.15) is 0 Å². The van der Waals surface area contributed by atoms with Crippen LogP contribution >= 0.6 is 11.3 Å². The van der Waals surface area contributed by atoms with Crippen molar-refractivity contribution in [2.75, 3.05) is 31.1 Å². The van der Waals surface area contributed by atoms with Gasteiger partial charge in [-0.3, -0.25) is 9.89 Å². The SMILES string of the molecule is CCOC(=O)C1=C(CN2CC(F)(F)C3C2CCN3c2ncc(C(=O)O)cn2)NC(c2nccs2)=NC1c1cccc(F)c1C. The molecule has 15 heteroatoms. The lowest BCUT2D eigenvalue weighted by atomic mass is 9.92. The van der Waals surface area contributed by atoms with Crippen molar-refractivity contribution in [2.45, 2.75) is 44.3 Å². The number of esters is 1. The number of aliphatic imine (C=N–C) groups is 1. The number of aromatic nitrogens is 3. The van der Waals surface area contributed by atoms with E-state index in [0.717, 1.165) is 12.4 Å². The van der Waals surface area contributed by atoms with Gasteiger partial charge in [0.2, 0.25) is 5.95 Å². The smallest absolute Gasteiger partial charge is 0.338 e. The van der Waals surface area contributed by atoms with Crippen LogP contribution in [0.5, 0.6) is 0 Å². The Morgan fingerprint density at radius 3 is 2.68 bits per heavy atom. The molecule has 2 N–H and O–H groups in total. The molecule has 2 saturated heterocycles. The first-order chi connectivity index (χ1) is 21.1. The van der Waals surface area contributed by atoms with Gasteiger partial charge in [0.15, 0.2) is 10.8 Å². The highest BCUT2D eigenvalue weighted by atomic mass is 32.1. The standard InChI is InChI=1S/C29H28F3N7O4S/c1-3-43-27(42)21-19(36-24(25-33-8-10-44-25)37-22(21)17-5-4-6-18(30)15(17)2)13-38-14-29(31,32)23-20(38)7-9-39(23)28-34-11-16(12-35-28)26(40)41/h4-6,8,10-12,20,22-23H,3,7,9,13-14H2,1-2H3,(H,36,37)(H,40,41). The minimum Gasteiger partial charge on any atom is -0.478 e. The number of thiazole rings is 1. The highest BCUT2D eigenvalue weighted by Crippen LogP contribution is 2.44. The number of aromatic carboxylic acids is 1. The summed E-state index contributed by atoms with van der Waals surface area (Å²) in [4.78, 5) is 44.9. The largest absolute Gasteiger partial charge is 0.478 e.